The first kappa shape index (κ1) is 33.3. The lowest BCUT2D eigenvalue weighted by molar-refractivity contribution is -0.148. The van der Waals surface area contributed by atoms with Crippen molar-refractivity contribution in [3.05, 3.63) is 64.7 Å². The van der Waals surface area contributed by atoms with Gasteiger partial charge in [-0.05, 0) is 84.9 Å². The molecule has 4 N–H and O–H groups in total. The van der Waals surface area contributed by atoms with E-state index >= 15 is 0 Å². The largest absolute Gasteiger partial charge is 0.444 e. The van der Waals surface area contributed by atoms with Crippen LogP contribution in [0.5, 0.6) is 0 Å². The molecule has 2 atom stereocenters. The van der Waals surface area contributed by atoms with Gasteiger partial charge in [-0.15, -0.1) is 0 Å². The summed E-state index contributed by atoms with van der Waals surface area (Å²) >= 11 is 0. The number of rotatable bonds is 11. The molecule has 2 unspecified atom stereocenters. The molecule has 9 nitrogen and oxygen atoms in total. The van der Waals surface area contributed by atoms with Crippen LogP contribution in [0.4, 0.5) is 10.5 Å². The van der Waals surface area contributed by atoms with E-state index in [2.05, 4.69) is 10.6 Å². The first-order valence-corrected chi connectivity index (χ1v) is 14.0. The highest BCUT2D eigenvalue weighted by Crippen LogP contribution is 2.34. The van der Waals surface area contributed by atoms with Gasteiger partial charge in [0.05, 0.1) is 0 Å². The van der Waals surface area contributed by atoms with Crippen molar-refractivity contribution in [2.24, 2.45) is 5.73 Å². The number of para-hydroxylation sites is 1. The molecule has 0 saturated carbocycles. The Labute approximate surface area is 244 Å². The summed E-state index contributed by atoms with van der Waals surface area (Å²) in [6.07, 6.45) is -0.493. The van der Waals surface area contributed by atoms with E-state index in [9.17, 15) is 19.2 Å². The lowest BCUT2D eigenvalue weighted by Crippen LogP contribution is -2.59. The molecular formula is C32H46N4O5. The van der Waals surface area contributed by atoms with E-state index in [0.29, 0.717) is 17.7 Å². The standard InChI is InChI=1S/C32H46N4O5/c1-10-32(8,9)36(29(39)24(17-18-25(33)37)34-30(40)41-31(5,6)7)27(23-16-11-13-20(2)19-23)28(38)35-26-21(3)14-12-15-22(26)4/h11-16,19,24,27H,10,17-18H2,1-9H3,(H2,33,37)(H,34,40)(H,35,38). The third-order valence-electron chi connectivity index (χ3n) is 7.02. The number of primary amides is 1. The molecule has 0 radical (unpaired) electrons. The molecule has 2 aromatic carbocycles. The molecule has 0 saturated heterocycles. The topological polar surface area (TPSA) is 131 Å². The Bertz CT molecular complexity index is 1240. The molecule has 0 bridgehead atoms. The minimum absolute atomic E-state index is 0.0528. The fourth-order valence-electron chi connectivity index (χ4n) is 4.57. The number of aryl methyl sites for hydroxylation is 3. The molecule has 0 fully saturated rings. The smallest absolute Gasteiger partial charge is 0.408 e. The number of nitrogens with zero attached hydrogens (tertiary/aromatic N) is 1. The highest BCUT2D eigenvalue weighted by Gasteiger charge is 2.43. The second kappa shape index (κ2) is 13.7. The Morgan fingerprint density at radius 2 is 1.54 bits per heavy atom. The summed E-state index contributed by atoms with van der Waals surface area (Å²) in [6.45, 7) is 16.6. The minimum Gasteiger partial charge on any atom is -0.444 e. The quantitative estimate of drug-likeness (QED) is 0.332. The molecule has 4 amide bonds. The van der Waals surface area contributed by atoms with Gasteiger partial charge in [-0.25, -0.2) is 4.79 Å². The van der Waals surface area contributed by atoms with E-state index in [-0.39, 0.29) is 12.8 Å². The van der Waals surface area contributed by atoms with Crippen LogP contribution in [-0.4, -0.2) is 45.9 Å². The Morgan fingerprint density at radius 1 is 0.951 bits per heavy atom. The number of ether oxygens (including phenoxy) is 1. The van der Waals surface area contributed by atoms with Crippen LogP contribution in [0.2, 0.25) is 0 Å². The van der Waals surface area contributed by atoms with Crippen molar-refractivity contribution in [3.8, 4) is 0 Å². The van der Waals surface area contributed by atoms with Gasteiger partial charge in [-0.3, -0.25) is 14.4 Å². The van der Waals surface area contributed by atoms with Gasteiger partial charge in [0.15, 0.2) is 0 Å². The molecular weight excluding hydrogens is 520 g/mol. The molecule has 0 aliphatic rings. The number of nitrogens with two attached hydrogens (primary N) is 1. The first-order valence-electron chi connectivity index (χ1n) is 14.0. The number of carbonyl (C=O) groups is 4. The Hall–Kier alpha value is -3.88. The number of hydrogen-bond donors (Lipinski definition) is 3. The van der Waals surface area contributed by atoms with Gasteiger partial charge in [-0.2, -0.15) is 0 Å². The fraction of sp³-hybridized carbons (Fsp3) is 0.500. The first-order chi connectivity index (χ1) is 19.0. The second-order valence-electron chi connectivity index (χ2n) is 12.2. The lowest BCUT2D eigenvalue weighted by atomic mass is 9.91. The maximum Gasteiger partial charge on any atom is 0.408 e. The summed E-state index contributed by atoms with van der Waals surface area (Å²) in [5.41, 5.74) is 7.78. The molecule has 2 aromatic rings. The Kier molecular flexibility index (Phi) is 11.1. The summed E-state index contributed by atoms with van der Waals surface area (Å²) < 4.78 is 5.41. The van der Waals surface area contributed by atoms with E-state index in [1.54, 1.807) is 20.8 Å². The van der Waals surface area contributed by atoms with Crippen molar-refractivity contribution in [2.45, 2.75) is 105 Å². The molecule has 2 rings (SSSR count). The van der Waals surface area contributed by atoms with E-state index in [0.717, 1.165) is 16.7 Å². The number of benzene rings is 2. The van der Waals surface area contributed by atoms with Crippen LogP contribution < -0.4 is 16.4 Å². The van der Waals surface area contributed by atoms with Gasteiger partial charge in [0.2, 0.25) is 11.8 Å². The normalized spacial score (nSPS) is 13.1. The number of alkyl carbamates (subject to hydrolysis) is 1. The minimum atomic E-state index is -1.16. The van der Waals surface area contributed by atoms with Crippen LogP contribution in [0.25, 0.3) is 0 Å². The van der Waals surface area contributed by atoms with E-state index in [4.69, 9.17) is 10.5 Å². The number of carbonyl (C=O) groups excluding carboxylic acids is 4. The van der Waals surface area contributed by atoms with E-state index in [1.807, 2.05) is 84.0 Å². The predicted molar refractivity (Wildman–Crippen MR) is 161 cm³/mol. The third kappa shape index (κ3) is 9.33. The summed E-state index contributed by atoms with van der Waals surface area (Å²) in [5.74, 6) is -1.53. The fourth-order valence-corrected chi connectivity index (χ4v) is 4.57. The number of amides is 4. The highest BCUT2D eigenvalue weighted by molar-refractivity contribution is 6.00. The summed E-state index contributed by atoms with van der Waals surface area (Å²) in [5, 5.41) is 5.71. The van der Waals surface area contributed by atoms with Crippen LogP contribution in [0.15, 0.2) is 42.5 Å². The van der Waals surface area contributed by atoms with Crippen LogP contribution >= 0.6 is 0 Å². The molecule has 0 aliphatic heterocycles. The molecule has 0 aliphatic carbocycles. The Balaban J connectivity index is 2.69. The average Bonchev–Trinajstić information content (AvgIpc) is 2.85. The maximum absolute atomic E-state index is 14.5. The zero-order valence-corrected chi connectivity index (χ0v) is 25.9. The van der Waals surface area contributed by atoms with Gasteiger partial charge >= 0.3 is 6.09 Å². The van der Waals surface area contributed by atoms with Crippen molar-refractivity contribution in [1.29, 1.82) is 0 Å². The van der Waals surface area contributed by atoms with Crippen LogP contribution in [0.3, 0.4) is 0 Å². The SMILES string of the molecule is CCC(C)(C)N(C(=O)C(CCC(N)=O)NC(=O)OC(C)(C)C)C(C(=O)Nc1c(C)cccc1C)c1cccc(C)c1. The maximum atomic E-state index is 14.5. The molecule has 0 aromatic heterocycles. The predicted octanol–water partition coefficient (Wildman–Crippen LogP) is 5.47. The van der Waals surface area contributed by atoms with Gasteiger partial charge < -0.3 is 26.0 Å². The molecule has 9 heteroatoms. The molecule has 0 heterocycles. The zero-order valence-electron chi connectivity index (χ0n) is 25.9. The number of nitrogens with one attached hydrogen (secondary N) is 2. The average molecular weight is 567 g/mol. The monoisotopic (exact) mass is 566 g/mol. The highest BCUT2D eigenvalue weighted by atomic mass is 16.6. The van der Waals surface area contributed by atoms with E-state index in [1.165, 1.54) is 4.90 Å². The van der Waals surface area contributed by atoms with Gasteiger partial charge in [0, 0.05) is 17.6 Å². The summed E-state index contributed by atoms with van der Waals surface area (Å²) in [7, 11) is 0. The van der Waals surface area contributed by atoms with Crippen molar-refractivity contribution >= 4 is 29.5 Å². The Morgan fingerprint density at radius 3 is 2.05 bits per heavy atom. The third-order valence-corrected chi connectivity index (χ3v) is 7.02. The molecule has 0 spiro atoms. The number of anilines is 1. The van der Waals surface area contributed by atoms with Gasteiger partial charge in [0.1, 0.15) is 17.7 Å². The summed E-state index contributed by atoms with van der Waals surface area (Å²) in [4.78, 5) is 54.8. The van der Waals surface area contributed by atoms with Gasteiger partial charge in [0.25, 0.3) is 5.91 Å². The van der Waals surface area contributed by atoms with Crippen molar-refractivity contribution in [2.75, 3.05) is 5.32 Å². The van der Waals surface area contributed by atoms with Crippen LogP contribution in [-0.2, 0) is 19.1 Å². The van der Waals surface area contributed by atoms with E-state index < -0.39 is 47.0 Å². The zero-order chi connectivity index (χ0) is 31.1. The summed E-state index contributed by atoms with van der Waals surface area (Å²) in [6, 6.07) is 11.0. The van der Waals surface area contributed by atoms with Gasteiger partial charge in [-0.1, -0.05) is 55.0 Å². The molecule has 41 heavy (non-hydrogen) atoms. The van der Waals surface area contributed by atoms with Crippen LogP contribution in [0.1, 0.15) is 89.1 Å². The number of hydrogen-bond acceptors (Lipinski definition) is 5. The van der Waals surface area contributed by atoms with Crippen molar-refractivity contribution in [3.63, 3.8) is 0 Å². The lowest BCUT2D eigenvalue weighted by Gasteiger charge is -2.44. The second-order valence-corrected chi connectivity index (χ2v) is 12.2. The van der Waals surface area contributed by atoms with Crippen molar-refractivity contribution < 1.29 is 23.9 Å². The van der Waals surface area contributed by atoms with Crippen LogP contribution in [0, 0.1) is 20.8 Å². The van der Waals surface area contributed by atoms with Crippen molar-refractivity contribution in [1.82, 2.24) is 10.2 Å². The molecule has 224 valence electrons.